The molecule has 0 amide bonds. The summed E-state index contributed by atoms with van der Waals surface area (Å²) < 4.78 is 0. The summed E-state index contributed by atoms with van der Waals surface area (Å²) in [5, 5.41) is 18.2. The molecule has 3 aromatic rings. The predicted molar refractivity (Wildman–Crippen MR) is 90.1 cm³/mol. The highest BCUT2D eigenvalue weighted by atomic mass is 35.5. The van der Waals surface area contributed by atoms with Crippen molar-refractivity contribution in [1.29, 1.82) is 0 Å². The number of aromatic nitrogens is 1. The van der Waals surface area contributed by atoms with Gasteiger partial charge in [-0.05, 0) is 29.1 Å². The fourth-order valence-corrected chi connectivity index (χ4v) is 3.71. The summed E-state index contributed by atoms with van der Waals surface area (Å²) in [5.74, 6) is 0. The summed E-state index contributed by atoms with van der Waals surface area (Å²) in [4.78, 5) is 5.80. The Kier molecular flexibility index (Phi) is 4.55. The van der Waals surface area contributed by atoms with Crippen LogP contribution < -0.4 is 5.32 Å². The number of hydrogen-bond donors (Lipinski definition) is 2. The van der Waals surface area contributed by atoms with Crippen molar-refractivity contribution < 1.29 is 5.11 Å². The number of nitrogens with one attached hydrogen (secondary N) is 1. The van der Waals surface area contributed by atoms with Crippen LogP contribution in [-0.2, 0) is 13.2 Å². The second kappa shape index (κ2) is 6.58. The van der Waals surface area contributed by atoms with E-state index in [1.165, 1.54) is 4.88 Å². The first kappa shape index (κ1) is 14.5. The number of benzene rings is 1. The minimum absolute atomic E-state index is 0.00504. The number of rotatable bonds is 5. The SMILES string of the molecule is OCc1ccc(Cl)c(NCc2csc(-c3cccs3)n2)c1. The zero-order valence-electron chi connectivity index (χ0n) is 11.0. The number of thiazole rings is 1. The van der Waals surface area contributed by atoms with E-state index in [-0.39, 0.29) is 6.61 Å². The van der Waals surface area contributed by atoms with E-state index >= 15 is 0 Å². The van der Waals surface area contributed by atoms with E-state index in [2.05, 4.69) is 21.7 Å². The van der Waals surface area contributed by atoms with E-state index in [0.717, 1.165) is 22.0 Å². The van der Waals surface area contributed by atoms with Gasteiger partial charge in [-0.3, -0.25) is 0 Å². The van der Waals surface area contributed by atoms with Crippen molar-refractivity contribution in [2.45, 2.75) is 13.2 Å². The Balaban J connectivity index is 1.71. The first-order valence-corrected chi connectivity index (χ1v) is 8.51. The molecule has 0 aliphatic rings. The average Bonchev–Trinajstić information content (AvgIpc) is 3.17. The van der Waals surface area contributed by atoms with Crippen molar-refractivity contribution >= 4 is 40.0 Å². The van der Waals surface area contributed by atoms with Crippen molar-refractivity contribution in [3.05, 3.63) is 57.4 Å². The van der Waals surface area contributed by atoms with Gasteiger partial charge < -0.3 is 10.4 Å². The molecule has 0 saturated heterocycles. The summed E-state index contributed by atoms with van der Waals surface area (Å²) in [6.45, 7) is 0.613. The molecule has 0 fully saturated rings. The van der Waals surface area contributed by atoms with Crippen LogP contribution >= 0.6 is 34.3 Å². The third-order valence-corrected chi connectivity index (χ3v) is 5.22. The van der Waals surface area contributed by atoms with Crippen LogP contribution in [-0.4, -0.2) is 10.1 Å². The predicted octanol–water partition coefficient (Wildman–Crippen LogP) is 4.63. The van der Waals surface area contributed by atoms with E-state index in [9.17, 15) is 0 Å². The molecule has 0 aliphatic heterocycles. The Bertz CT molecular complexity index is 725. The highest BCUT2D eigenvalue weighted by Crippen LogP contribution is 2.28. The van der Waals surface area contributed by atoms with Crippen molar-refractivity contribution in [3.8, 4) is 9.88 Å². The summed E-state index contributed by atoms with van der Waals surface area (Å²) in [6, 6.07) is 9.55. The van der Waals surface area contributed by atoms with Gasteiger partial charge in [-0.15, -0.1) is 22.7 Å². The minimum Gasteiger partial charge on any atom is -0.392 e. The first-order valence-electron chi connectivity index (χ1n) is 6.37. The zero-order chi connectivity index (χ0) is 14.7. The van der Waals surface area contributed by atoms with Gasteiger partial charge in [0.05, 0.1) is 34.4 Å². The molecule has 0 aliphatic carbocycles. The van der Waals surface area contributed by atoms with Crippen molar-refractivity contribution in [2.24, 2.45) is 0 Å². The van der Waals surface area contributed by atoms with Crippen LogP contribution in [0.5, 0.6) is 0 Å². The van der Waals surface area contributed by atoms with Gasteiger partial charge >= 0.3 is 0 Å². The molecule has 2 N–H and O–H groups in total. The molecule has 2 aromatic heterocycles. The van der Waals surface area contributed by atoms with Crippen molar-refractivity contribution in [2.75, 3.05) is 5.32 Å². The molecule has 0 radical (unpaired) electrons. The molecular weight excluding hydrogens is 324 g/mol. The lowest BCUT2D eigenvalue weighted by atomic mass is 10.2. The van der Waals surface area contributed by atoms with Crippen LogP contribution in [0.25, 0.3) is 9.88 Å². The Morgan fingerprint density at radius 2 is 2.14 bits per heavy atom. The van der Waals surface area contributed by atoms with Crippen LogP contribution in [0.1, 0.15) is 11.3 Å². The second-order valence-electron chi connectivity index (χ2n) is 4.45. The zero-order valence-corrected chi connectivity index (χ0v) is 13.4. The molecular formula is C15H13ClN2OS2. The number of thiophene rings is 1. The largest absolute Gasteiger partial charge is 0.392 e. The quantitative estimate of drug-likeness (QED) is 0.714. The molecule has 1 aromatic carbocycles. The summed E-state index contributed by atoms with van der Waals surface area (Å²) in [6.07, 6.45) is 0. The third-order valence-electron chi connectivity index (χ3n) is 2.96. The molecule has 0 bridgehead atoms. The monoisotopic (exact) mass is 336 g/mol. The fraction of sp³-hybridized carbons (Fsp3) is 0.133. The van der Waals surface area contributed by atoms with Gasteiger partial charge in [0.25, 0.3) is 0 Å². The highest BCUT2D eigenvalue weighted by molar-refractivity contribution is 7.20. The van der Waals surface area contributed by atoms with Crippen LogP contribution in [0.4, 0.5) is 5.69 Å². The lowest BCUT2D eigenvalue weighted by Crippen LogP contribution is -2.01. The van der Waals surface area contributed by atoms with Crippen LogP contribution in [0.2, 0.25) is 5.02 Å². The molecule has 0 atom stereocenters. The van der Waals surface area contributed by atoms with Crippen LogP contribution in [0, 0.1) is 0 Å². The van der Waals surface area contributed by atoms with E-state index in [4.69, 9.17) is 16.7 Å². The number of anilines is 1. The normalized spacial score (nSPS) is 10.8. The van der Waals surface area contributed by atoms with E-state index in [1.807, 2.05) is 23.6 Å². The molecule has 21 heavy (non-hydrogen) atoms. The van der Waals surface area contributed by atoms with Gasteiger partial charge in [0.15, 0.2) is 0 Å². The fourth-order valence-electron chi connectivity index (χ4n) is 1.89. The molecule has 3 rings (SSSR count). The Morgan fingerprint density at radius 3 is 2.90 bits per heavy atom. The Labute approximate surface area is 135 Å². The van der Waals surface area contributed by atoms with Crippen LogP contribution in [0.3, 0.4) is 0 Å². The van der Waals surface area contributed by atoms with Crippen molar-refractivity contribution in [1.82, 2.24) is 4.98 Å². The van der Waals surface area contributed by atoms with E-state index in [0.29, 0.717) is 11.6 Å². The smallest absolute Gasteiger partial charge is 0.133 e. The second-order valence-corrected chi connectivity index (χ2v) is 6.66. The molecule has 0 saturated carbocycles. The average molecular weight is 337 g/mol. The van der Waals surface area contributed by atoms with Crippen molar-refractivity contribution in [3.63, 3.8) is 0 Å². The van der Waals surface area contributed by atoms with Gasteiger partial charge in [0, 0.05) is 5.38 Å². The van der Waals surface area contributed by atoms with E-state index < -0.39 is 0 Å². The topological polar surface area (TPSA) is 45.1 Å². The number of aliphatic hydroxyl groups is 1. The number of hydrogen-bond acceptors (Lipinski definition) is 5. The minimum atomic E-state index is 0.00504. The first-order chi connectivity index (χ1) is 10.3. The Hall–Kier alpha value is -1.40. The van der Waals surface area contributed by atoms with Crippen LogP contribution in [0.15, 0.2) is 41.1 Å². The van der Waals surface area contributed by atoms with Gasteiger partial charge in [-0.25, -0.2) is 4.98 Å². The lowest BCUT2D eigenvalue weighted by Gasteiger charge is -2.08. The maximum atomic E-state index is 9.17. The summed E-state index contributed by atoms with van der Waals surface area (Å²) in [7, 11) is 0. The van der Waals surface area contributed by atoms with Gasteiger partial charge in [0.1, 0.15) is 5.01 Å². The number of nitrogens with zero attached hydrogens (tertiary/aromatic N) is 1. The lowest BCUT2D eigenvalue weighted by molar-refractivity contribution is 0.282. The maximum absolute atomic E-state index is 9.17. The Morgan fingerprint density at radius 1 is 1.24 bits per heavy atom. The summed E-state index contributed by atoms with van der Waals surface area (Å²) >= 11 is 9.48. The van der Waals surface area contributed by atoms with Gasteiger partial charge in [0.2, 0.25) is 0 Å². The number of aliphatic hydroxyl groups excluding tert-OH is 1. The molecule has 6 heteroatoms. The molecule has 0 unspecified atom stereocenters. The highest BCUT2D eigenvalue weighted by Gasteiger charge is 2.07. The standard InChI is InChI=1S/C15H13ClN2OS2/c16-12-4-3-10(8-19)6-13(12)17-7-11-9-21-15(18-11)14-2-1-5-20-14/h1-6,9,17,19H,7-8H2. The molecule has 0 spiro atoms. The maximum Gasteiger partial charge on any atom is 0.133 e. The van der Waals surface area contributed by atoms with Gasteiger partial charge in [-0.2, -0.15) is 0 Å². The molecule has 3 nitrogen and oxygen atoms in total. The third kappa shape index (κ3) is 3.44. The number of halogens is 1. The molecule has 2 heterocycles. The van der Waals surface area contributed by atoms with Gasteiger partial charge in [-0.1, -0.05) is 23.7 Å². The summed E-state index contributed by atoms with van der Waals surface area (Å²) in [5.41, 5.74) is 2.63. The van der Waals surface area contributed by atoms with E-state index in [1.54, 1.807) is 28.7 Å². The molecule has 108 valence electrons.